The zero-order valence-corrected chi connectivity index (χ0v) is 8.19. The summed E-state index contributed by atoms with van der Waals surface area (Å²) in [6.45, 7) is 2.05. The van der Waals surface area contributed by atoms with E-state index in [9.17, 15) is 4.79 Å². The predicted octanol–water partition coefficient (Wildman–Crippen LogP) is 1.53. The molecular formula is C6H7N5O2S. The van der Waals surface area contributed by atoms with Crippen LogP contribution in [-0.2, 0) is 11.3 Å². The smallest absolute Gasteiger partial charge is 0.369 e. The van der Waals surface area contributed by atoms with Gasteiger partial charge in [0.15, 0.2) is 0 Å². The first-order chi connectivity index (χ1) is 6.77. The molecule has 0 aliphatic carbocycles. The van der Waals surface area contributed by atoms with Crippen molar-refractivity contribution in [3.63, 3.8) is 0 Å². The van der Waals surface area contributed by atoms with E-state index >= 15 is 0 Å². The van der Waals surface area contributed by atoms with Gasteiger partial charge in [-0.25, -0.2) is 9.78 Å². The number of hydrogen-bond acceptors (Lipinski definition) is 6. The first-order valence-corrected chi connectivity index (χ1v) is 4.55. The van der Waals surface area contributed by atoms with E-state index in [1.807, 2.05) is 0 Å². The summed E-state index contributed by atoms with van der Waals surface area (Å²) >= 11 is 0.929. The lowest BCUT2D eigenvalue weighted by atomic mass is 10.6. The summed E-state index contributed by atoms with van der Waals surface area (Å²) in [5, 5.41) is 3.45. The van der Waals surface area contributed by atoms with Crippen LogP contribution in [0, 0.1) is 0 Å². The molecule has 0 saturated carbocycles. The fraction of sp³-hybridized carbons (Fsp3) is 0.500. The predicted molar refractivity (Wildman–Crippen MR) is 48.7 cm³/mol. The summed E-state index contributed by atoms with van der Waals surface area (Å²) in [6, 6.07) is 0. The fourth-order valence-corrected chi connectivity index (χ4v) is 1.26. The van der Waals surface area contributed by atoms with Gasteiger partial charge < -0.3 is 4.74 Å². The quantitative estimate of drug-likeness (QED) is 0.327. The minimum atomic E-state index is -0.503. The molecule has 8 heteroatoms. The molecule has 7 nitrogen and oxygen atoms in total. The van der Waals surface area contributed by atoms with Gasteiger partial charge in [-0.05, 0) is 24.0 Å². The molecule has 1 rings (SSSR count). The maximum atomic E-state index is 11.1. The summed E-state index contributed by atoms with van der Waals surface area (Å²) in [7, 11) is 0. The number of rotatable bonds is 4. The van der Waals surface area contributed by atoms with Crippen LogP contribution >= 0.6 is 11.5 Å². The van der Waals surface area contributed by atoms with E-state index in [0.717, 1.165) is 11.5 Å². The van der Waals surface area contributed by atoms with E-state index in [0.29, 0.717) is 12.4 Å². The highest BCUT2D eigenvalue weighted by Crippen LogP contribution is 2.07. The van der Waals surface area contributed by atoms with Gasteiger partial charge in [-0.1, -0.05) is 5.11 Å². The van der Waals surface area contributed by atoms with Crippen LogP contribution in [0.1, 0.15) is 22.6 Å². The van der Waals surface area contributed by atoms with Crippen molar-refractivity contribution in [2.45, 2.75) is 13.5 Å². The largest absolute Gasteiger partial charge is 0.461 e. The topological polar surface area (TPSA) is 101 Å². The molecule has 0 aliphatic heterocycles. The minimum absolute atomic E-state index is 0.0480. The molecule has 0 N–H and O–H groups in total. The Bertz CT molecular complexity index is 370. The zero-order valence-electron chi connectivity index (χ0n) is 7.38. The highest BCUT2D eigenvalue weighted by atomic mass is 32.1. The summed E-state index contributed by atoms with van der Waals surface area (Å²) in [4.78, 5) is 17.5. The van der Waals surface area contributed by atoms with Crippen molar-refractivity contribution in [2.75, 3.05) is 6.61 Å². The Balaban J connectivity index is 2.67. The van der Waals surface area contributed by atoms with Gasteiger partial charge in [0.05, 0.1) is 13.2 Å². The molecule has 0 amide bonds. The Morgan fingerprint density at radius 3 is 3.21 bits per heavy atom. The van der Waals surface area contributed by atoms with Crippen LogP contribution < -0.4 is 0 Å². The molecule has 0 radical (unpaired) electrons. The van der Waals surface area contributed by atoms with Gasteiger partial charge in [-0.15, -0.1) is 0 Å². The average molecular weight is 213 g/mol. The van der Waals surface area contributed by atoms with E-state index in [1.54, 1.807) is 6.92 Å². The molecule has 0 atom stereocenters. The molecule has 0 bridgehead atoms. The normalized spacial score (nSPS) is 9.21. The van der Waals surface area contributed by atoms with Crippen molar-refractivity contribution in [1.82, 2.24) is 9.36 Å². The standard InChI is InChI=1S/C6H7N5O2S/c1-2-13-6(12)5-9-4(10-14-5)3-8-11-7/h2-3H2,1H3. The molecule has 14 heavy (non-hydrogen) atoms. The lowest BCUT2D eigenvalue weighted by molar-refractivity contribution is 0.0525. The number of carbonyl (C=O) groups is 1. The van der Waals surface area contributed by atoms with Gasteiger partial charge in [-0.2, -0.15) is 4.37 Å². The average Bonchev–Trinajstić information content (AvgIpc) is 2.63. The third-order valence-electron chi connectivity index (χ3n) is 1.19. The van der Waals surface area contributed by atoms with Crippen LogP contribution in [0.3, 0.4) is 0 Å². The molecule has 1 aromatic rings. The van der Waals surface area contributed by atoms with Crippen molar-refractivity contribution in [2.24, 2.45) is 5.11 Å². The number of hydrogen-bond donors (Lipinski definition) is 0. The van der Waals surface area contributed by atoms with Crippen LogP contribution in [0.25, 0.3) is 10.4 Å². The van der Waals surface area contributed by atoms with E-state index in [-0.39, 0.29) is 11.6 Å². The van der Waals surface area contributed by atoms with Crippen LogP contribution in [0.4, 0.5) is 0 Å². The van der Waals surface area contributed by atoms with Gasteiger partial charge >= 0.3 is 5.97 Å². The van der Waals surface area contributed by atoms with Crippen molar-refractivity contribution >= 4 is 17.5 Å². The number of aromatic nitrogens is 2. The second-order valence-corrected chi connectivity index (χ2v) is 2.88. The molecule has 74 valence electrons. The third kappa shape index (κ3) is 2.68. The second kappa shape index (κ2) is 5.15. The van der Waals surface area contributed by atoms with Gasteiger partial charge in [0.25, 0.3) is 0 Å². The molecule has 0 saturated heterocycles. The van der Waals surface area contributed by atoms with Crippen LogP contribution in [-0.4, -0.2) is 21.9 Å². The molecule has 0 aromatic carbocycles. The molecule has 0 unspecified atom stereocenters. The Morgan fingerprint density at radius 1 is 1.79 bits per heavy atom. The SMILES string of the molecule is CCOC(=O)c1nc(CN=[N+]=[N-])ns1. The van der Waals surface area contributed by atoms with Crippen LogP contribution in [0.5, 0.6) is 0 Å². The van der Waals surface area contributed by atoms with Crippen molar-refractivity contribution in [3.05, 3.63) is 21.3 Å². The van der Waals surface area contributed by atoms with Gasteiger partial charge in [-0.3, -0.25) is 0 Å². The maximum absolute atomic E-state index is 11.1. The Kier molecular flexibility index (Phi) is 3.84. The number of esters is 1. The summed E-state index contributed by atoms with van der Waals surface area (Å²) in [5.41, 5.74) is 8.04. The number of azide groups is 1. The summed E-state index contributed by atoms with van der Waals surface area (Å²) in [5.74, 6) is -0.173. The van der Waals surface area contributed by atoms with Crippen molar-refractivity contribution in [1.29, 1.82) is 0 Å². The number of carbonyl (C=O) groups excluding carboxylic acids is 1. The van der Waals surface area contributed by atoms with E-state index in [2.05, 4.69) is 19.4 Å². The highest BCUT2D eigenvalue weighted by molar-refractivity contribution is 7.07. The monoisotopic (exact) mass is 213 g/mol. The van der Waals surface area contributed by atoms with Crippen LogP contribution in [0.2, 0.25) is 0 Å². The Morgan fingerprint density at radius 2 is 2.57 bits per heavy atom. The van der Waals surface area contributed by atoms with E-state index < -0.39 is 5.97 Å². The lowest BCUT2D eigenvalue weighted by Crippen LogP contribution is -2.03. The number of ether oxygens (including phenoxy) is 1. The second-order valence-electron chi connectivity index (χ2n) is 2.13. The molecule has 1 aromatic heterocycles. The maximum Gasteiger partial charge on any atom is 0.369 e. The summed E-state index contributed by atoms with van der Waals surface area (Å²) in [6.07, 6.45) is 0. The molecule has 1 heterocycles. The Hall–Kier alpha value is -1.66. The molecule has 0 spiro atoms. The van der Waals surface area contributed by atoms with Gasteiger partial charge in [0, 0.05) is 4.91 Å². The number of nitrogens with zero attached hydrogens (tertiary/aromatic N) is 5. The lowest BCUT2D eigenvalue weighted by Gasteiger charge is -1.94. The van der Waals surface area contributed by atoms with Gasteiger partial charge in [0.1, 0.15) is 5.82 Å². The molecule has 0 fully saturated rings. The van der Waals surface area contributed by atoms with Gasteiger partial charge in [0.2, 0.25) is 5.01 Å². The summed E-state index contributed by atoms with van der Waals surface area (Å²) < 4.78 is 8.53. The zero-order chi connectivity index (χ0) is 10.4. The fourth-order valence-electron chi connectivity index (χ4n) is 0.689. The Labute approximate surface area is 83.5 Å². The van der Waals surface area contributed by atoms with Crippen molar-refractivity contribution in [3.8, 4) is 0 Å². The van der Waals surface area contributed by atoms with Crippen LogP contribution in [0.15, 0.2) is 5.11 Å². The molecule has 0 aliphatic rings. The first kappa shape index (κ1) is 10.4. The third-order valence-corrected chi connectivity index (χ3v) is 1.93. The van der Waals surface area contributed by atoms with Crippen molar-refractivity contribution < 1.29 is 9.53 Å². The first-order valence-electron chi connectivity index (χ1n) is 3.78. The molecular weight excluding hydrogens is 206 g/mol. The minimum Gasteiger partial charge on any atom is -0.461 e. The van der Waals surface area contributed by atoms with E-state index in [4.69, 9.17) is 10.3 Å². The van der Waals surface area contributed by atoms with E-state index in [1.165, 1.54) is 0 Å². The highest BCUT2D eigenvalue weighted by Gasteiger charge is 2.12.